The summed E-state index contributed by atoms with van der Waals surface area (Å²) in [6.07, 6.45) is 7.22. The molecule has 4 heteroatoms. The minimum atomic E-state index is 0.160. The van der Waals surface area contributed by atoms with Crippen LogP contribution in [0, 0.1) is 17.8 Å². The van der Waals surface area contributed by atoms with Gasteiger partial charge in [0, 0.05) is 19.0 Å². The number of rotatable bonds is 6. The Morgan fingerprint density at radius 2 is 1.95 bits per heavy atom. The maximum Gasteiger partial charge on any atom is 0.223 e. The molecule has 1 aliphatic carbocycles. The summed E-state index contributed by atoms with van der Waals surface area (Å²) in [5.41, 5.74) is 5.81. The van der Waals surface area contributed by atoms with E-state index >= 15 is 0 Å². The van der Waals surface area contributed by atoms with E-state index in [0.29, 0.717) is 18.4 Å². The molecular weight excluding hydrogens is 250 g/mol. The normalized spacial score (nSPS) is 29.3. The van der Waals surface area contributed by atoms with Gasteiger partial charge in [-0.15, -0.1) is 0 Å². The molecule has 1 aliphatic heterocycles. The van der Waals surface area contributed by atoms with Crippen molar-refractivity contribution in [3.8, 4) is 0 Å². The van der Waals surface area contributed by atoms with Gasteiger partial charge in [0.1, 0.15) is 0 Å². The van der Waals surface area contributed by atoms with Crippen molar-refractivity contribution in [2.24, 2.45) is 23.5 Å². The van der Waals surface area contributed by atoms with Gasteiger partial charge < -0.3 is 16.0 Å². The molecule has 116 valence electrons. The second kappa shape index (κ2) is 7.99. The van der Waals surface area contributed by atoms with Gasteiger partial charge in [-0.1, -0.05) is 19.8 Å². The van der Waals surface area contributed by atoms with Crippen LogP contribution in [-0.2, 0) is 4.79 Å². The molecule has 0 radical (unpaired) electrons. The summed E-state index contributed by atoms with van der Waals surface area (Å²) < 4.78 is 0. The Bertz CT molecular complexity index is 302. The quantitative estimate of drug-likeness (QED) is 0.777. The molecule has 20 heavy (non-hydrogen) atoms. The summed E-state index contributed by atoms with van der Waals surface area (Å²) in [6, 6.07) is 0. The second-order valence-corrected chi connectivity index (χ2v) is 6.74. The van der Waals surface area contributed by atoms with Gasteiger partial charge in [-0.05, 0) is 57.2 Å². The summed E-state index contributed by atoms with van der Waals surface area (Å²) in [6.45, 7) is 7.28. The maximum atomic E-state index is 12.3. The summed E-state index contributed by atoms with van der Waals surface area (Å²) >= 11 is 0. The molecule has 0 aromatic rings. The lowest BCUT2D eigenvalue weighted by molar-refractivity contribution is -0.127. The molecule has 1 amide bonds. The van der Waals surface area contributed by atoms with Gasteiger partial charge in [-0.2, -0.15) is 0 Å². The predicted molar refractivity (Wildman–Crippen MR) is 82.4 cm³/mol. The van der Waals surface area contributed by atoms with Crippen LogP contribution >= 0.6 is 0 Å². The summed E-state index contributed by atoms with van der Waals surface area (Å²) in [4.78, 5) is 14.8. The molecule has 0 bridgehead atoms. The van der Waals surface area contributed by atoms with E-state index in [-0.39, 0.29) is 11.8 Å². The Morgan fingerprint density at radius 1 is 1.25 bits per heavy atom. The van der Waals surface area contributed by atoms with Gasteiger partial charge in [0.15, 0.2) is 0 Å². The van der Waals surface area contributed by atoms with Crippen molar-refractivity contribution in [2.75, 3.05) is 32.7 Å². The van der Waals surface area contributed by atoms with Gasteiger partial charge in [-0.3, -0.25) is 4.79 Å². The van der Waals surface area contributed by atoms with E-state index in [9.17, 15) is 4.79 Å². The number of hydrogen-bond acceptors (Lipinski definition) is 3. The number of nitrogens with zero attached hydrogens (tertiary/aromatic N) is 1. The molecule has 2 aliphatic rings. The number of carbonyl (C=O) groups is 1. The molecule has 1 saturated carbocycles. The Kier molecular flexibility index (Phi) is 6.30. The Labute approximate surface area is 123 Å². The lowest BCUT2D eigenvalue weighted by atomic mass is 9.78. The highest BCUT2D eigenvalue weighted by Gasteiger charge is 2.29. The van der Waals surface area contributed by atoms with Crippen molar-refractivity contribution in [1.29, 1.82) is 0 Å². The maximum absolute atomic E-state index is 12.3. The Hall–Kier alpha value is -0.610. The van der Waals surface area contributed by atoms with Crippen LogP contribution in [-0.4, -0.2) is 43.5 Å². The van der Waals surface area contributed by atoms with Gasteiger partial charge in [0.25, 0.3) is 0 Å². The van der Waals surface area contributed by atoms with E-state index in [1.165, 1.54) is 38.8 Å². The first kappa shape index (κ1) is 15.8. The summed E-state index contributed by atoms with van der Waals surface area (Å²) in [5.74, 6) is 1.34. The van der Waals surface area contributed by atoms with Crippen molar-refractivity contribution in [1.82, 2.24) is 10.2 Å². The monoisotopic (exact) mass is 281 g/mol. The molecule has 0 aromatic carbocycles. The topological polar surface area (TPSA) is 58.4 Å². The first-order valence-corrected chi connectivity index (χ1v) is 8.41. The van der Waals surface area contributed by atoms with Crippen molar-refractivity contribution in [2.45, 2.75) is 45.4 Å². The first-order valence-electron chi connectivity index (χ1n) is 8.41. The van der Waals surface area contributed by atoms with Crippen LogP contribution in [0.25, 0.3) is 0 Å². The molecule has 1 heterocycles. The zero-order valence-corrected chi connectivity index (χ0v) is 12.9. The molecule has 0 aromatic heterocycles. The fraction of sp³-hybridized carbons (Fsp3) is 0.938. The first-order chi connectivity index (χ1) is 9.70. The van der Waals surface area contributed by atoms with Gasteiger partial charge >= 0.3 is 0 Å². The van der Waals surface area contributed by atoms with Crippen LogP contribution in [0.1, 0.15) is 45.4 Å². The summed E-state index contributed by atoms with van der Waals surface area (Å²) in [5, 5.41) is 3.17. The van der Waals surface area contributed by atoms with E-state index in [1.807, 2.05) is 0 Å². The average molecular weight is 281 g/mol. The SMILES string of the molecule is CC(CNC(=O)C1CCCCC1CN)CN1CCCC1. The zero-order chi connectivity index (χ0) is 14.4. The van der Waals surface area contributed by atoms with Crippen molar-refractivity contribution in [3.63, 3.8) is 0 Å². The molecule has 4 nitrogen and oxygen atoms in total. The smallest absolute Gasteiger partial charge is 0.223 e. The number of likely N-dealkylation sites (tertiary alicyclic amines) is 1. The van der Waals surface area contributed by atoms with Crippen LogP contribution in [0.15, 0.2) is 0 Å². The fourth-order valence-electron chi connectivity index (χ4n) is 3.71. The Balaban J connectivity index is 1.70. The lowest BCUT2D eigenvalue weighted by Crippen LogP contribution is -2.42. The number of nitrogens with one attached hydrogen (secondary N) is 1. The lowest BCUT2D eigenvalue weighted by Gasteiger charge is -2.30. The van der Waals surface area contributed by atoms with Crippen LogP contribution in [0.4, 0.5) is 0 Å². The second-order valence-electron chi connectivity index (χ2n) is 6.74. The fourth-order valence-corrected chi connectivity index (χ4v) is 3.71. The number of hydrogen-bond donors (Lipinski definition) is 2. The number of carbonyl (C=O) groups excluding carboxylic acids is 1. The number of nitrogens with two attached hydrogens (primary N) is 1. The predicted octanol–water partition coefficient (Wildman–Crippen LogP) is 1.60. The third kappa shape index (κ3) is 4.45. The average Bonchev–Trinajstić information content (AvgIpc) is 2.97. The third-order valence-corrected chi connectivity index (χ3v) is 4.94. The van der Waals surface area contributed by atoms with E-state index in [1.54, 1.807) is 0 Å². The molecule has 3 N–H and O–H groups in total. The highest BCUT2D eigenvalue weighted by atomic mass is 16.1. The minimum Gasteiger partial charge on any atom is -0.356 e. The highest BCUT2D eigenvalue weighted by molar-refractivity contribution is 5.79. The van der Waals surface area contributed by atoms with Crippen molar-refractivity contribution < 1.29 is 4.79 Å². The molecule has 3 unspecified atom stereocenters. The minimum absolute atomic E-state index is 0.160. The highest BCUT2D eigenvalue weighted by Crippen LogP contribution is 2.29. The third-order valence-electron chi connectivity index (χ3n) is 4.94. The van der Waals surface area contributed by atoms with Gasteiger partial charge in [0.2, 0.25) is 5.91 Å². The number of amides is 1. The van der Waals surface area contributed by atoms with Crippen molar-refractivity contribution in [3.05, 3.63) is 0 Å². The van der Waals surface area contributed by atoms with E-state index < -0.39 is 0 Å². The zero-order valence-electron chi connectivity index (χ0n) is 12.9. The van der Waals surface area contributed by atoms with Crippen LogP contribution in [0.3, 0.4) is 0 Å². The molecular formula is C16H31N3O. The van der Waals surface area contributed by atoms with Gasteiger partial charge in [0.05, 0.1) is 0 Å². The van der Waals surface area contributed by atoms with Crippen molar-refractivity contribution >= 4 is 5.91 Å². The summed E-state index contributed by atoms with van der Waals surface area (Å²) in [7, 11) is 0. The molecule has 3 atom stereocenters. The van der Waals surface area contributed by atoms with E-state index in [2.05, 4.69) is 17.1 Å². The van der Waals surface area contributed by atoms with Crippen LogP contribution in [0.5, 0.6) is 0 Å². The largest absolute Gasteiger partial charge is 0.356 e. The Morgan fingerprint density at radius 3 is 2.65 bits per heavy atom. The van der Waals surface area contributed by atoms with E-state index in [4.69, 9.17) is 5.73 Å². The van der Waals surface area contributed by atoms with E-state index in [0.717, 1.165) is 25.9 Å². The molecule has 1 saturated heterocycles. The molecule has 2 rings (SSSR count). The molecule has 0 spiro atoms. The van der Waals surface area contributed by atoms with Gasteiger partial charge in [-0.25, -0.2) is 0 Å². The van der Waals surface area contributed by atoms with Crippen LogP contribution in [0.2, 0.25) is 0 Å². The molecule has 2 fully saturated rings. The standard InChI is InChI=1S/C16H31N3O/c1-13(12-19-8-4-5-9-19)11-18-16(20)15-7-3-2-6-14(15)10-17/h13-15H,2-12,17H2,1H3,(H,18,20). The van der Waals surface area contributed by atoms with Crippen LogP contribution < -0.4 is 11.1 Å².